The Hall–Kier alpha value is -2.23. The molecule has 0 bridgehead atoms. The lowest BCUT2D eigenvalue weighted by Gasteiger charge is -2.24. The van der Waals surface area contributed by atoms with Crippen LogP contribution in [0.25, 0.3) is 0 Å². The van der Waals surface area contributed by atoms with Crippen LogP contribution < -0.4 is 0 Å². The van der Waals surface area contributed by atoms with Crippen molar-refractivity contribution in [2.45, 2.75) is 25.3 Å². The number of amides is 1. The van der Waals surface area contributed by atoms with Crippen LogP contribution in [0.15, 0.2) is 48.9 Å². The number of aromatic nitrogens is 2. The Morgan fingerprint density at radius 3 is 2.81 bits per heavy atom. The normalized spacial score (nSPS) is 21.6. The molecule has 1 saturated carbocycles. The van der Waals surface area contributed by atoms with Crippen LogP contribution in [-0.2, 0) is 4.79 Å². The molecule has 0 saturated heterocycles. The van der Waals surface area contributed by atoms with Crippen molar-refractivity contribution < 1.29 is 4.79 Å². The van der Waals surface area contributed by atoms with E-state index in [0.717, 1.165) is 17.7 Å². The molecule has 2 aromatic heterocycles. The molecular formula is C17H19N3O. The van der Waals surface area contributed by atoms with Gasteiger partial charge in [-0.2, -0.15) is 0 Å². The summed E-state index contributed by atoms with van der Waals surface area (Å²) in [6.45, 7) is 2.02. The molecule has 1 amide bonds. The first-order chi connectivity index (χ1) is 10.2. The second kappa shape index (κ2) is 5.64. The number of hydrogen-bond donors (Lipinski definition) is 0. The van der Waals surface area contributed by atoms with Gasteiger partial charge >= 0.3 is 0 Å². The summed E-state index contributed by atoms with van der Waals surface area (Å²) in [6, 6.07) is 9.76. The lowest BCUT2D eigenvalue weighted by Crippen LogP contribution is -2.31. The molecule has 1 aliphatic carbocycles. The van der Waals surface area contributed by atoms with E-state index in [9.17, 15) is 4.79 Å². The Kier molecular flexibility index (Phi) is 3.69. The summed E-state index contributed by atoms with van der Waals surface area (Å²) in [5.74, 6) is 0.608. The predicted octanol–water partition coefficient (Wildman–Crippen LogP) is 2.80. The van der Waals surface area contributed by atoms with Gasteiger partial charge in [-0.1, -0.05) is 12.1 Å². The zero-order valence-corrected chi connectivity index (χ0v) is 12.3. The van der Waals surface area contributed by atoms with E-state index in [0.29, 0.717) is 5.92 Å². The summed E-state index contributed by atoms with van der Waals surface area (Å²) in [4.78, 5) is 22.9. The third kappa shape index (κ3) is 2.79. The van der Waals surface area contributed by atoms with Gasteiger partial charge in [-0.25, -0.2) is 0 Å². The Labute approximate surface area is 124 Å². The van der Waals surface area contributed by atoms with Crippen molar-refractivity contribution >= 4 is 5.91 Å². The Morgan fingerprint density at radius 2 is 2.14 bits per heavy atom. The highest BCUT2D eigenvalue weighted by Gasteiger charge is 2.46. The fraction of sp³-hybridized carbons (Fsp3) is 0.353. The van der Waals surface area contributed by atoms with Gasteiger partial charge in [-0.15, -0.1) is 0 Å². The van der Waals surface area contributed by atoms with Gasteiger partial charge in [0, 0.05) is 31.6 Å². The van der Waals surface area contributed by atoms with Crippen LogP contribution in [0.5, 0.6) is 0 Å². The van der Waals surface area contributed by atoms with E-state index in [1.807, 2.05) is 55.4 Å². The summed E-state index contributed by atoms with van der Waals surface area (Å²) in [6.07, 6.45) is 6.31. The molecule has 21 heavy (non-hydrogen) atoms. The van der Waals surface area contributed by atoms with Crippen molar-refractivity contribution in [3.63, 3.8) is 0 Å². The number of carbonyl (C=O) groups excluding carboxylic acids is 1. The molecule has 2 heterocycles. The lowest BCUT2D eigenvalue weighted by molar-refractivity contribution is -0.133. The van der Waals surface area contributed by atoms with E-state index >= 15 is 0 Å². The SMILES string of the molecule is C[C@H](c1ccccn1)N(C)C(=O)[C@H]1C[C@@H]1c1cccnc1. The van der Waals surface area contributed by atoms with Crippen molar-refractivity contribution in [3.05, 3.63) is 60.2 Å². The Morgan fingerprint density at radius 1 is 1.29 bits per heavy atom. The van der Waals surface area contributed by atoms with E-state index in [1.54, 1.807) is 12.4 Å². The zero-order chi connectivity index (χ0) is 14.8. The second-order valence-corrected chi connectivity index (χ2v) is 5.61. The van der Waals surface area contributed by atoms with Crippen LogP contribution in [0.1, 0.15) is 36.6 Å². The average Bonchev–Trinajstić information content (AvgIpc) is 3.35. The van der Waals surface area contributed by atoms with E-state index in [4.69, 9.17) is 0 Å². The summed E-state index contributed by atoms with van der Waals surface area (Å²) in [5.41, 5.74) is 2.08. The quantitative estimate of drug-likeness (QED) is 0.865. The van der Waals surface area contributed by atoms with Crippen LogP contribution in [-0.4, -0.2) is 27.8 Å². The molecule has 108 valence electrons. The fourth-order valence-electron chi connectivity index (χ4n) is 2.71. The van der Waals surface area contributed by atoms with Crippen molar-refractivity contribution in [1.82, 2.24) is 14.9 Å². The van der Waals surface area contributed by atoms with Gasteiger partial charge in [0.05, 0.1) is 11.7 Å². The third-order valence-corrected chi connectivity index (χ3v) is 4.26. The molecule has 1 fully saturated rings. The molecule has 0 N–H and O–H groups in total. The maximum atomic E-state index is 12.6. The van der Waals surface area contributed by atoms with E-state index in [-0.39, 0.29) is 17.9 Å². The number of hydrogen-bond acceptors (Lipinski definition) is 3. The first-order valence-corrected chi connectivity index (χ1v) is 7.26. The summed E-state index contributed by atoms with van der Waals surface area (Å²) in [7, 11) is 1.86. The van der Waals surface area contributed by atoms with Crippen molar-refractivity contribution in [2.24, 2.45) is 5.92 Å². The van der Waals surface area contributed by atoms with Gasteiger partial charge in [-0.3, -0.25) is 14.8 Å². The summed E-state index contributed by atoms with van der Waals surface area (Å²) < 4.78 is 0. The highest BCUT2D eigenvalue weighted by atomic mass is 16.2. The minimum Gasteiger partial charge on any atom is -0.337 e. The molecule has 2 aromatic rings. The highest BCUT2D eigenvalue weighted by molar-refractivity contribution is 5.83. The van der Waals surface area contributed by atoms with Crippen LogP contribution in [0.4, 0.5) is 0 Å². The zero-order valence-electron chi connectivity index (χ0n) is 12.3. The Bertz CT molecular complexity index is 614. The average molecular weight is 281 g/mol. The molecule has 0 aromatic carbocycles. The predicted molar refractivity (Wildman–Crippen MR) is 80.5 cm³/mol. The molecular weight excluding hydrogens is 262 g/mol. The number of carbonyl (C=O) groups is 1. The van der Waals surface area contributed by atoms with Crippen LogP contribution in [0.3, 0.4) is 0 Å². The minimum atomic E-state index is -0.00570. The van der Waals surface area contributed by atoms with Gasteiger partial charge in [-0.05, 0) is 43.0 Å². The summed E-state index contributed by atoms with van der Waals surface area (Å²) in [5, 5.41) is 0. The molecule has 0 radical (unpaired) electrons. The molecule has 1 aliphatic rings. The maximum absolute atomic E-state index is 12.6. The highest BCUT2D eigenvalue weighted by Crippen LogP contribution is 2.48. The number of nitrogens with zero attached hydrogens (tertiary/aromatic N) is 3. The number of pyridine rings is 2. The first-order valence-electron chi connectivity index (χ1n) is 7.26. The second-order valence-electron chi connectivity index (χ2n) is 5.61. The number of rotatable bonds is 4. The van der Waals surface area contributed by atoms with E-state index in [1.165, 1.54) is 0 Å². The van der Waals surface area contributed by atoms with Gasteiger partial charge in [0.25, 0.3) is 0 Å². The van der Waals surface area contributed by atoms with Crippen molar-refractivity contribution in [3.8, 4) is 0 Å². The standard InChI is InChI=1S/C17H19N3O/c1-12(16-7-3-4-9-19-16)20(2)17(21)15-10-14(15)13-6-5-8-18-11-13/h3-9,11-12,14-15H,10H2,1-2H3/t12-,14-,15+/m1/s1. The largest absolute Gasteiger partial charge is 0.337 e. The molecule has 0 spiro atoms. The molecule has 3 atom stereocenters. The van der Waals surface area contributed by atoms with E-state index < -0.39 is 0 Å². The smallest absolute Gasteiger partial charge is 0.226 e. The molecule has 4 heteroatoms. The van der Waals surface area contributed by atoms with Crippen molar-refractivity contribution in [2.75, 3.05) is 7.05 Å². The van der Waals surface area contributed by atoms with Crippen molar-refractivity contribution in [1.29, 1.82) is 0 Å². The monoisotopic (exact) mass is 281 g/mol. The van der Waals surface area contributed by atoms with E-state index in [2.05, 4.69) is 9.97 Å². The van der Waals surface area contributed by atoms with Crippen LogP contribution >= 0.6 is 0 Å². The Balaban J connectivity index is 1.67. The van der Waals surface area contributed by atoms with Gasteiger partial charge < -0.3 is 4.90 Å². The third-order valence-electron chi connectivity index (χ3n) is 4.26. The maximum Gasteiger partial charge on any atom is 0.226 e. The molecule has 4 nitrogen and oxygen atoms in total. The molecule has 3 rings (SSSR count). The van der Waals surface area contributed by atoms with Gasteiger partial charge in [0.15, 0.2) is 0 Å². The fourth-order valence-corrected chi connectivity index (χ4v) is 2.71. The topological polar surface area (TPSA) is 46.1 Å². The first kappa shape index (κ1) is 13.7. The van der Waals surface area contributed by atoms with Gasteiger partial charge in [0.2, 0.25) is 5.91 Å². The molecule has 0 unspecified atom stereocenters. The minimum absolute atomic E-state index is 0.00570. The summed E-state index contributed by atoms with van der Waals surface area (Å²) >= 11 is 0. The van der Waals surface area contributed by atoms with Crippen LogP contribution in [0, 0.1) is 5.92 Å². The lowest BCUT2D eigenvalue weighted by atomic mass is 10.1. The molecule has 0 aliphatic heterocycles. The van der Waals surface area contributed by atoms with Gasteiger partial charge in [0.1, 0.15) is 0 Å². The van der Waals surface area contributed by atoms with Crippen LogP contribution in [0.2, 0.25) is 0 Å².